The lowest BCUT2D eigenvalue weighted by atomic mass is 10.2. The van der Waals surface area contributed by atoms with E-state index in [2.05, 4.69) is 0 Å². The van der Waals surface area contributed by atoms with Crippen molar-refractivity contribution < 1.29 is 4.79 Å². The molecule has 0 atom stereocenters. The molecule has 0 amide bonds. The normalized spacial score (nSPS) is 10.7. The van der Waals surface area contributed by atoms with Gasteiger partial charge < -0.3 is 4.57 Å². The van der Waals surface area contributed by atoms with Crippen LogP contribution in [-0.2, 0) is 13.6 Å². The Kier molecular flexibility index (Phi) is 3.93. The summed E-state index contributed by atoms with van der Waals surface area (Å²) in [5, 5.41) is 0. The topological polar surface area (TPSA) is 61.1 Å². The van der Waals surface area contributed by atoms with E-state index in [9.17, 15) is 14.4 Å². The molecule has 0 fully saturated rings. The predicted molar refractivity (Wildman–Crippen MR) is 74.6 cm³/mol. The summed E-state index contributed by atoms with van der Waals surface area (Å²) < 4.78 is 2.69. The molecule has 2 aromatic heterocycles. The summed E-state index contributed by atoms with van der Waals surface area (Å²) in [5.41, 5.74) is -0.873. The molecule has 0 aliphatic carbocycles. The van der Waals surface area contributed by atoms with Gasteiger partial charge in [-0.1, -0.05) is 23.2 Å². The van der Waals surface area contributed by atoms with Gasteiger partial charge in [0.15, 0.2) is 5.78 Å². The summed E-state index contributed by atoms with van der Waals surface area (Å²) in [5.74, 6) is -0.432. The van der Waals surface area contributed by atoms with E-state index in [1.54, 1.807) is 0 Å². The second-order valence-electron chi connectivity index (χ2n) is 3.79. The van der Waals surface area contributed by atoms with E-state index in [0.29, 0.717) is 4.34 Å². The minimum Gasteiger partial charge on any atom is -0.303 e. The lowest BCUT2D eigenvalue weighted by Crippen LogP contribution is -2.39. The molecule has 2 rings (SSSR count). The van der Waals surface area contributed by atoms with Crippen molar-refractivity contribution in [1.29, 1.82) is 0 Å². The summed E-state index contributed by atoms with van der Waals surface area (Å²) in [6.07, 6.45) is 1.35. The highest BCUT2D eigenvalue weighted by molar-refractivity contribution is 7.20. The molecule has 0 bridgehead atoms. The van der Waals surface area contributed by atoms with Crippen LogP contribution in [0.1, 0.15) is 10.4 Å². The average Bonchev–Trinajstić information content (AvgIpc) is 2.69. The molecule has 2 aromatic rings. The lowest BCUT2D eigenvalue weighted by Gasteiger charge is -2.05. The van der Waals surface area contributed by atoms with Gasteiger partial charge in [0.25, 0.3) is 5.56 Å². The van der Waals surface area contributed by atoms with Gasteiger partial charge in [0, 0.05) is 19.3 Å². The Bertz CT molecular complexity index is 760. The highest BCUT2D eigenvalue weighted by Gasteiger charge is 2.16. The molecule has 0 saturated carbocycles. The van der Waals surface area contributed by atoms with E-state index < -0.39 is 17.0 Å². The summed E-state index contributed by atoms with van der Waals surface area (Å²) >= 11 is 12.7. The summed E-state index contributed by atoms with van der Waals surface area (Å²) in [6.45, 7) is -0.362. The van der Waals surface area contributed by atoms with Crippen LogP contribution in [0.2, 0.25) is 8.67 Å². The number of carbonyl (C=O) groups excluding carboxylic acids is 1. The fourth-order valence-corrected chi connectivity index (χ4v) is 3.02. The molecule has 0 aliphatic heterocycles. The van der Waals surface area contributed by atoms with Crippen LogP contribution >= 0.6 is 34.5 Å². The minimum absolute atomic E-state index is 0.217. The van der Waals surface area contributed by atoms with Crippen molar-refractivity contribution in [3.8, 4) is 0 Å². The second kappa shape index (κ2) is 5.32. The number of hydrogen-bond donors (Lipinski definition) is 0. The van der Waals surface area contributed by atoms with Gasteiger partial charge in [-0.2, -0.15) is 0 Å². The van der Waals surface area contributed by atoms with Crippen LogP contribution in [0.4, 0.5) is 0 Å². The SMILES string of the molecule is Cn1ccc(=O)n(CC(=O)c2cc(Cl)sc2Cl)c1=O. The van der Waals surface area contributed by atoms with Crippen molar-refractivity contribution in [2.24, 2.45) is 7.05 Å². The number of aromatic nitrogens is 2. The van der Waals surface area contributed by atoms with Crippen molar-refractivity contribution >= 4 is 40.3 Å². The van der Waals surface area contributed by atoms with Gasteiger partial charge in [0.1, 0.15) is 4.34 Å². The molecule has 8 heteroatoms. The van der Waals surface area contributed by atoms with Gasteiger partial charge in [0.2, 0.25) is 0 Å². The van der Waals surface area contributed by atoms with Crippen LogP contribution in [0.5, 0.6) is 0 Å². The molecular formula is C11H8Cl2N2O3S. The highest BCUT2D eigenvalue weighted by atomic mass is 35.5. The molecule has 19 heavy (non-hydrogen) atoms. The first kappa shape index (κ1) is 14.0. The lowest BCUT2D eigenvalue weighted by molar-refractivity contribution is 0.0969. The van der Waals surface area contributed by atoms with Gasteiger partial charge >= 0.3 is 5.69 Å². The number of rotatable bonds is 3. The van der Waals surface area contributed by atoms with Gasteiger partial charge in [0.05, 0.1) is 16.4 Å². The fourth-order valence-electron chi connectivity index (χ4n) is 1.52. The number of halogens is 2. The number of ketones is 1. The van der Waals surface area contributed by atoms with Crippen LogP contribution in [-0.4, -0.2) is 14.9 Å². The van der Waals surface area contributed by atoms with Gasteiger partial charge in [-0.3, -0.25) is 14.2 Å². The maximum Gasteiger partial charge on any atom is 0.331 e. The monoisotopic (exact) mass is 318 g/mol. The summed E-state index contributed by atoms with van der Waals surface area (Å²) in [4.78, 5) is 35.4. The Labute approximate surface area is 121 Å². The van der Waals surface area contributed by atoms with E-state index in [1.807, 2.05) is 0 Å². The predicted octanol–water partition coefficient (Wildman–Crippen LogP) is 1.80. The Hall–Kier alpha value is -1.37. The van der Waals surface area contributed by atoms with Crippen LogP contribution in [0, 0.1) is 0 Å². The minimum atomic E-state index is -0.557. The van der Waals surface area contributed by atoms with Crippen LogP contribution in [0.15, 0.2) is 27.9 Å². The maximum absolute atomic E-state index is 12.0. The molecule has 0 unspecified atom stereocenters. The number of hydrogen-bond acceptors (Lipinski definition) is 4. The molecule has 0 aliphatic rings. The summed E-state index contributed by atoms with van der Waals surface area (Å²) in [7, 11) is 1.50. The Morgan fingerprint density at radius 3 is 2.63 bits per heavy atom. The zero-order valence-electron chi connectivity index (χ0n) is 9.72. The Balaban J connectivity index is 2.40. The van der Waals surface area contributed by atoms with Crippen molar-refractivity contribution in [3.63, 3.8) is 0 Å². The van der Waals surface area contributed by atoms with Gasteiger partial charge in [-0.15, -0.1) is 11.3 Å². The zero-order valence-corrected chi connectivity index (χ0v) is 12.1. The van der Waals surface area contributed by atoms with E-state index in [-0.39, 0.29) is 16.4 Å². The quantitative estimate of drug-likeness (QED) is 0.811. The molecule has 100 valence electrons. The first-order valence-corrected chi connectivity index (χ1v) is 6.72. The molecule has 0 radical (unpaired) electrons. The van der Waals surface area contributed by atoms with Crippen LogP contribution < -0.4 is 11.2 Å². The zero-order chi connectivity index (χ0) is 14.2. The highest BCUT2D eigenvalue weighted by Crippen LogP contribution is 2.31. The first-order chi connectivity index (χ1) is 8.90. The number of carbonyl (C=O) groups is 1. The molecule has 2 heterocycles. The molecule has 0 saturated heterocycles. The van der Waals surface area contributed by atoms with Gasteiger partial charge in [-0.25, -0.2) is 4.79 Å². The third-order valence-corrected chi connectivity index (χ3v) is 3.99. The van der Waals surface area contributed by atoms with E-state index >= 15 is 0 Å². The number of Topliss-reactive ketones (excluding diaryl/α,β-unsaturated/α-hetero) is 1. The fraction of sp³-hybridized carbons (Fsp3) is 0.182. The van der Waals surface area contributed by atoms with Gasteiger partial charge in [-0.05, 0) is 6.07 Å². The van der Waals surface area contributed by atoms with E-state index in [4.69, 9.17) is 23.2 Å². The second-order valence-corrected chi connectivity index (χ2v) is 6.08. The van der Waals surface area contributed by atoms with Crippen LogP contribution in [0.3, 0.4) is 0 Å². The number of thiophene rings is 1. The van der Waals surface area contributed by atoms with Crippen molar-refractivity contribution in [2.75, 3.05) is 0 Å². The smallest absolute Gasteiger partial charge is 0.303 e. The third-order valence-electron chi connectivity index (χ3n) is 2.50. The average molecular weight is 319 g/mol. The van der Waals surface area contributed by atoms with Crippen molar-refractivity contribution in [3.05, 3.63) is 53.4 Å². The maximum atomic E-state index is 12.0. The van der Waals surface area contributed by atoms with Crippen LogP contribution in [0.25, 0.3) is 0 Å². The van der Waals surface area contributed by atoms with Crippen molar-refractivity contribution in [2.45, 2.75) is 6.54 Å². The number of aryl methyl sites for hydroxylation is 1. The third kappa shape index (κ3) is 2.80. The Morgan fingerprint density at radius 2 is 2.05 bits per heavy atom. The van der Waals surface area contributed by atoms with E-state index in [1.165, 1.54) is 29.9 Å². The largest absolute Gasteiger partial charge is 0.331 e. The molecule has 0 N–H and O–H groups in total. The Morgan fingerprint density at radius 1 is 1.37 bits per heavy atom. The molecular weight excluding hydrogens is 311 g/mol. The van der Waals surface area contributed by atoms with Crippen molar-refractivity contribution in [1.82, 2.24) is 9.13 Å². The molecule has 0 aromatic carbocycles. The summed E-state index contributed by atoms with van der Waals surface area (Å²) in [6, 6.07) is 2.65. The molecule has 0 spiro atoms. The van der Waals surface area contributed by atoms with E-state index in [0.717, 1.165) is 15.9 Å². The standard InChI is InChI=1S/C11H8Cl2N2O3S/c1-14-3-2-9(17)15(11(14)18)5-7(16)6-4-8(12)19-10(6)13/h2-4H,5H2,1H3. The number of nitrogens with zero attached hydrogens (tertiary/aromatic N) is 2. The molecule has 5 nitrogen and oxygen atoms in total. The first-order valence-electron chi connectivity index (χ1n) is 5.14.